The lowest BCUT2D eigenvalue weighted by molar-refractivity contribution is -0.166. The van der Waals surface area contributed by atoms with E-state index in [0.717, 1.165) is 0 Å². The van der Waals surface area contributed by atoms with Crippen LogP contribution in [0, 0.1) is 5.82 Å². The van der Waals surface area contributed by atoms with E-state index in [1.165, 1.54) is 0 Å². The van der Waals surface area contributed by atoms with E-state index in [9.17, 15) is 28.4 Å². The van der Waals surface area contributed by atoms with Crippen molar-refractivity contribution in [1.29, 1.82) is 0 Å². The lowest BCUT2D eigenvalue weighted by atomic mass is 10.1. The number of carbonyl (C=O) groups excluding carboxylic acids is 3. The zero-order chi connectivity index (χ0) is 22.4. The summed E-state index contributed by atoms with van der Waals surface area (Å²) in [5, 5.41) is 0. The lowest BCUT2D eigenvalue weighted by Gasteiger charge is -2.23. The van der Waals surface area contributed by atoms with Gasteiger partial charge in [0.05, 0.1) is 6.20 Å². The number of hydrogen-bond donors (Lipinski definition) is 1. The molecule has 0 aliphatic carbocycles. The minimum Gasteiger partial charge on any atom is -0.463 e. The average molecular weight is 391 g/mol. The van der Waals surface area contributed by atoms with Crippen LogP contribution in [0.5, 0.6) is 0 Å². The topological polar surface area (TPSA) is 143 Å². The molecule has 0 bridgehead atoms. The highest BCUT2D eigenvalue weighted by atomic mass is 19.1. The number of nitrogens with one attached hydrogen (secondary N) is 1. The van der Waals surface area contributed by atoms with Gasteiger partial charge in [-0.3, -0.25) is 28.7 Å². The first-order valence-electron chi connectivity index (χ1n) is 9.42. The minimum absolute atomic E-state index is 0.481. The number of esters is 3. The molecule has 2 heterocycles. The van der Waals surface area contributed by atoms with Gasteiger partial charge < -0.3 is 18.9 Å². The Balaban J connectivity index is 2.47. The molecule has 0 aromatic carbocycles. The predicted molar refractivity (Wildman–Crippen MR) is 82.9 cm³/mol. The number of H-pyrrole nitrogens is 1. The fourth-order valence-corrected chi connectivity index (χ4v) is 2.46. The van der Waals surface area contributed by atoms with E-state index >= 15 is 0 Å². The van der Waals surface area contributed by atoms with Crippen LogP contribution in [0.2, 0.25) is 0 Å². The van der Waals surface area contributed by atoms with E-state index in [-0.39, 0.29) is 0 Å². The maximum atomic E-state index is 13.7. The quantitative estimate of drug-likeness (QED) is 0.494. The molecule has 0 saturated carbocycles. The molecule has 2 rings (SSSR count). The fourth-order valence-electron chi connectivity index (χ4n) is 2.46. The maximum Gasteiger partial charge on any atom is 0.330 e. The third-order valence-corrected chi connectivity index (χ3v) is 3.43. The molecule has 1 saturated heterocycles. The number of aromatic nitrogens is 2. The Morgan fingerprint density at radius 3 is 2.44 bits per heavy atom. The van der Waals surface area contributed by atoms with Crippen molar-refractivity contribution < 1.29 is 41.8 Å². The Morgan fingerprint density at radius 2 is 1.81 bits per heavy atom. The first kappa shape index (κ1) is 16.2. The molecule has 0 radical (unpaired) electrons. The van der Waals surface area contributed by atoms with Gasteiger partial charge in [0.25, 0.3) is 5.56 Å². The number of nitrogens with zero attached hydrogens (tertiary/aromatic N) is 1. The summed E-state index contributed by atoms with van der Waals surface area (Å²) in [6.45, 7) is -3.00. The Hall–Kier alpha value is -3.02. The first-order chi connectivity index (χ1) is 14.2. The normalized spacial score (nSPS) is 25.7. The number of ether oxygens (including phenoxy) is 4. The van der Waals surface area contributed by atoms with Crippen LogP contribution >= 0.6 is 0 Å². The molecule has 11 nitrogen and oxygen atoms in total. The summed E-state index contributed by atoms with van der Waals surface area (Å²) in [7, 11) is 0. The summed E-state index contributed by atoms with van der Waals surface area (Å²) < 4.78 is 55.7. The maximum absolute atomic E-state index is 13.7. The summed E-state index contributed by atoms with van der Waals surface area (Å²) in [6.07, 6.45) is -5.62. The van der Waals surface area contributed by atoms with Crippen LogP contribution in [0.4, 0.5) is 4.39 Å². The van der Waals surface area contributed by atoms with Gasteiger partial charge in [0.1, 0.15) is 12.7 Å². The molecular formula is C15H17FN2O9. The molecule has 1 fully saturated rings. The molecule has 1 aliphatic rings. The molecule has 1 aromatic heterocycles. The number of aromatic amines is 1. The van der Waals surface area contributed by atoms with Crippen LogP contribution in [0.15, 0.2) is 15.8 Å². The summed E-state index contributed by atoms with van der Waals surface area (Å²) >= 11 is 0. The third-order valence-electron chi connectivity index (χ3n) is 3.43. The Bertz CT molecular complexity index is 921. The van der Waals surface area contributed by atoms with Gasteiger partial charge >= 0.3 is 23.6 Å². The summed E-state index contributed by atoms with van der Waals surface area (Å²) in [4.78, 5) is 59.7. The van der Waals surface area contributed by atoms with Crippen LogP contribution in [-0.4, -0.2) is 52.4 Å². The van der Waals surface area contributed by atoms with E-state index in [2.05, 4.69) is 0 Å². The van der Waals surface area contributed by atoms with Crippen LogP contribution in [0.3, 0.4) is 0 Å². The van der Waals surface area contributed by atoms with Crippen molar-refractivity contribution in [3.63, 3.8) is 0 Å². The Morgan fingerprint density at radius 1 is 1.19 bits per heavy atom. The number of hydrogen-bond acceptors (Lipinski definition) is 9. The van der Waals surface area contributed by atoms with Crippen LogP contribution in [0.1, 0.15) is 31.0 Å². The van der Waals surface area contributed by atoms with Crippen LogP contribution in [-0.2, 0) is 33.3 Å². The number of rotatable bonds is 5. The second kappa shape index (κ2) is 8.12. The van der Waals surface area contributed by atoms with Gasteiger partial charge in [-0.25, -0.2) is 4.79 Å². The molecule has 148 valence electrons. The van der Waals surface area contributed by atoms with Gasteiger partial charge in [-0.15, -0.1) is 0 Å². The highest BCUT2D eigenvalue weighted by molar-refractivity contribution is 5.67. The molecule has 1 aliphatic heterocycles. The zero-order valence-corrected chi connectivity index (χ0v) is 13.7. The lowest BCUT2D eigenvalue weighted by Crippen LogP contribution is -2.42. The van der Waals surface area contributed by atoms with Gasteiger partial charge in [0.2, 0.25) is 5.82 Å². The molecule has 4 atom stereocenters. The molecule has 1 N–H and O–H groups in total. The molecule has 27 heavy (non-hydrogen) atoms. The summed E-state index contributed by atoms with van der Waals surface area (Å²) in [6, 6.07) is 0. The highest BCUT2D eigenvalue weighted by Gasteiger charge is 2.51. The summed E-state index contributed by atoms with van der Waals surface area (Å²) in [5.74, 6) is -4.51. The second-order valence-electron chi connectivity index (χ2n) is 5.30. The van der Waals surface area contributed by atoms with Crippen molar-refractivity contribution in [2.45, 2.75) is 45.2 Å². The first-order valence-corrected chi connectivity index (χ1v) is 7.30. The fraction of sp³-hybridized carbons (Fsp3) is 0.533. The third kappa shape index (κ3) is 4.78. The van der Waals surface area contributed by atoms with E-state index in [4.69, 9.17) is 23.1 Å². The standard InChI is InChI=1S/C15H17FN2O9/c1-6(19)24-5-10-11(25-7(2)20)12(26-8(3)21)14(27-10)18-4-9(16)13(22)17-15(18)23/h4,10-12,14H,5H2,1-3H3,(H,17,22,23)/t10-,11+,12-,14?/m1/s1/i1D,2D,3D. The van der Waals surface area contributed by atoms with Crippen molar-refractivity contribution in [1.82, 2.24) is 9.55 Å². The van der Waals surface area contributed by atoms with E-state index in [1.54, 1.807) is 4.98 Å². The van der Waals surface area contributed by atoms with E-state index < -0.39 is 86.8 Å². The van der Waals surface area contributed by atoms with Gasteiger partial charge in [-0.2, -0.15) is 4.39 Å². The minimum atomic E-state index is -1.64. The molecule has 12 heteroatoms. The van der Waals surface area contributed by atoms with Gasteiger partial charge in [-0.1, -0.05) is 0 Å². The van der Waals surface area contributed by atoms with E-state index in [1.807, 2.05) is 0 Å². The average Bonchev–Trinajstić information content (AvgIpc) is 3.05. The molecule has 1 aromatic rings. The molecule has 0 spiro atoms. The monoisotopic (exact) mass is 391 g/mol. The number of carbonyl (C=O) groups is 3. The van der Waals surface area contributed by atoms with Gasteiger partial charge in [-0.05, 0) is 0 Å². The number of halogens is 1. The van der Waals surface area contributed by atoms with Crippen LogP contribution < -0.4 is 11.2 Å². The Labute approximate surface area is 155 Å². The molecule has 0 amide bonds. The zero-order valence-electron chi connectivity index (χ0n) is 16.7. The molecular weight excluding hydrogens is 371 g/mol. The predicted octanol–water partition coefficient (Wildman–Crippen LogP) is -1.00. The van der Waals surface area contributed by atoms with Crippen molar-refractivity contribution in [2.75, 3.05) is 6.61 Å². The van der Waals surface area contributed by atoms with Gasteiger partial charge in [0, 0.05) is 24.8 Å². The molecule has 1 unspecified atom stereocenters. The smallest absolute Gasteiger partial charge is 0.330 e. The SMILES string of the molecule is [2H]CC(=O)OC[C@H]1OC(n2cc(F)c(=O)[nH]c2=O)[C@H](OC(=O)C[2H])[C@H]1OC(=O)C[2H]. The van der Waals surface area contributed by atoms with Crippen molar-refractivity contribution in [3.8, 4) is 0 Å². The van der Waals surface area contributed by atoms with Gasteiger partial charge in [0.15, 0.2) is 18.4 Å². The Kier molecular flexibility index (Phi) is 4.86. The summed E-state index contributed by atoms with van der Waals surface area (Å²) in [5.41, 5.74) is -2.46. The largest absolute Gasteiger partial charge is 0.463 e. The van der Waals surface area contributed by atoms with Crippen molar-refractivity contribution >= 4 is 17.9 Å². The van der Waals surface area contributed by atoms with Crippen molar-refractivity contribution in [3.05, 3.63) is 32.9 Å². The van der Waals surface area contributed by atoms with Crippen molar-refractivity contribution in [2.24, 2.45) is 0 Å². The second-order valence-corrected chi connectivity index (χ2v) is 5.30. The van der Waals surface area contributed by atoms with Crippen LogP contribution in [0.25, 0.3) is 0 Å². The highest BCUT2D eigenvalue weighted by Crippen LogP contribution is 2.33. The van der Waals surface area contributed by atoms with E-state index in [0.29, 0.717) is 10.8 Å².